The van der Waals surface area contributed by atoms with E-state index in [4.69, 9.17) is 4.52 Å². The van der Waals surface area contributed by atoms with Crippen molar-refractivity contribution < 1.29 is 9.32 Å². The number of likely N-dealkylation sites (tertiary alicyclic amines) is 1. The number of rotatable bonds is 3. The van der Waals surface area contributed by atoms with Crippen LogP contribution in [0.25, 0.3) is 0 Å². The second-order valence-corrected chi connectivity index (χ2v) is 7.15. The summed E-state index contributed by atoms with van der Waals surface area (Å²) in [6.07, 6.45) is 4.43. The molecule has 0 N–H and O–H groups in total. The lowest BCUT2D eigenvalue weighted by Crippen LogP contribution is -2.47. The minimum Gasteiger partial charge on any atom is -0.360 e. The third-order valence-electron chi connectivity index (χ3n) is 5.18. The van der Waals surface area contributed by atoms with E-state index in [0.717, 1.165) is 44.5 Å². The van der Waals surface area contributed by atoms with Crippen molar-refractivity contribution in [2.45, 2.75) is 43.9 Å². The first-order valence-corrected chi connectivity index (χ1v) is 8.47. The van der Waals surface area contributed by atoms with Gasteiger partial charge in [-0.05, 0) is 31.2 Å². The molecule has 23 heavy (non-hydrogen) atoms. The van der Waals surface area contributed by atoms with Gasteiger partial charge in [-0.2, -0.15) is 0 Å². The number of hydrogen-bond acceptors (Lipinski definition) is 3. The summed E-state index contributed by atoms with van der Waals surface area (Å²) in [5.41, 5.74) is 1.78. The molecule has 4 heteroatoms. The second kappa shape index (κ2) is 5.52. The molecule has 4 rings (SSSR count). The van der Waals surface area contributed by atoms with E-state index < -0.39 is 0 Å². The second-order valence-electron chi connectivity index (χ2n) is 7.15. The van der Waals surface area contributed by atoms with Gasteiger partial charge in [-0.1, -0.05) is 42.4 Å². The molecule has 1 amide bonds. The van der Waals surface area contributed by atoms with Crippen molar-refractivity contribution in [2.75, 3.05) is 13.1 Å². The van der Waals surface area contributed by atoms with Gasteiger partial charge in [0.2, 0.25) is 0 Å². The highest BCUT2D eigenvalue weighted by atomic mass is 16.5. The summed E-state index contributed by atoms with van der Waals surface area (Å²) >= 11 is 0. The number of amides is 1. The molecule has 1 aliphatic heterocycles. The Hall–Kier alpha value is -2.10. The first kappa shape index (κ1) is 14.5. The predicted molar refractivity (Wildman–Crippen MR) is 87.4 cm³/mol. The van der Waals surface area contributed by atoms with Gasteiger partial charge < -0.3 is 9.42 Å². The minimum atomic E-state index is 0.00232. The number of benzene rings is 1. The van der Waals surface area contributed by atoms with E-state index in [2.05, 4.69) is 36.3 Å². The molecule has 2 heterocycles. The van der Waals surface area contributed by atoms with Crippen molar-refractivity contribution in [1.29, 1.82) is 0 Å². The van der Waals surface area contributed by atoms with Crippen LogP contribution in [0.15, 0.2) is 40.9 Å². The Morgan fingerprint density at radius 1 is 1.30 bits per heavy atom. The normalized spacial score (nSPS) is 24.7. The first-order valence-electron chi connectivity index (χ1n) is 8.47. The van der Waals surface area contributed by atoms with Gasteiger partial charge in [-0.15, -0.1) is 0 Å². The largest absolute Gasteiger partial charge is 0.360 e. The lowest BCUT2D eigenvalue weighted by molar-refractivity contribution is 0.0640. The van der Waals surface area contributed by atoms with Crippen LogP contribution in [0.2, 0.25) is 0 Å². The average Bonchev–Trinajstić information content (AvgIpc) is 3.32. The zero-order valence-corrected chi connectivity index (χ0v) is 13.5. The minimum absolute atomic E-state index is 0.00232. The fourth-order valence-electron chi connectivity index (χ4n) is 3.60. The molecule has 1 saturated heterocycles. The van der Waals surface area contributed by atoms with Crippen LogP contribution in [0.3, 0.4) is 0 Å². The molecule has 2 aliphatic rings. The molecule has 120 valence electrons. The summed E-state index contributed by atoms with van der Waals surface area (Å²) in [5.74, 6) is 1.36. The van der Waals surface area contributed by atoms with Crippen LogP contribution in [0.1, 0.15) is 60.3 Å². The zero-order valence-electron chi connectivity index (χ0n) is 13.5. The van der Waals surface area contributed by atoms with Crippen molar-refractivity contribution in [3.63, 3.8) is 0 Å². The number of nitrogens with zero attached hydrogens (tertiary/aromatic N) is 2. The molecule has 1 aromatic heterocycles. The van der Waals surface area contributed by atoms with Gasteiger partial charge in [0.15, 0.2) is 5.69 Å². The molecule has 1 unspecified atom stereocenters. The highest BCUT2D eigenvalue weighted by Gasteiger charge is 2.36. The molecular formula is C19H22N2O2. The maximum absolute atomic E-state index is 12.8. The standard InChI is InChI=1S/C19H22N2O2/c1-19(15-6-3-2-4-7-15)10-5-11-21(13-19)18(22)16-12-17(23-20-16)14-8-9-14/h2-4,6-7,12,14H,5,8-11,13H2,1H3. The maximum atomic E-state index is 12.8. The monoisotopic (exact) mass is 310 g/mol. The average molecular weight is 310 g/mol. The fourth-order valence-corrected chi connectivity index (χ4v) is 3.60. The van der Waals surface area contributed by atoms with Crippen LogP contribution in [-0.4, -0.2) is 29.1 Å². The van der Waals surface area contributed by atoms with Crippen LogP contribution in [0.4, 0.5) is 0 Å². The summed E-state index contributed by atoms with van der Waals surface area (Å²) in [7, 11) is 0. The Kier molecular flexibility index (Phi) is 3.47. The van der Waals surface area contributed by atoms with Crippen molar-refractivity contribution in [1.82, 2.24) is 10.1 Å². The van der Waals surface area contributed by atoms with Gasteiger partial charge in [-0.25, -0.2) is 0 Å². The van der Waals surface area contributed by atoms with Crippen LogP contribution in [0, 0.1) is 0 Å². The van der Waals surface area contributed by atoms with Crippen molar-refractivity contribution >= 4 is 5.91 Å². The van der Waals surface area contributed by atoms with Gasteiger partial charge in [-0.3, -0.25) is 4.79 Å². The van der Waals surface area contributed by atoms with Gasteiger partial charge in [0.25, 0.3) is 5.91 Å². The molecule has 1 saturated carbocycles. The Balaban J connectivity index is 1.53. The van der Waals surface area contributed by atoms with Crippen LogP contribution in [0.5, 0.6) is 0 Å². The van der Waals surface area contributed by atoms with E-state index >= 15 is 0 Å². The van der Waals surface area contributed by atoms with Gasteiger partial charge >= 0.3 is 0 Å². The van der Waals surface area contributed by atoms with E-state index in [1.54, 1.807) is 0 Å². The van der Waals surface area contributed by atoms with E-state index in [1.165, 1.54) is 5.56 Å². The summed E-state index contributed by atoms with van der Waals surface area (Å²) in [6, 6.07) is 12.3. The van der Waals surface area contributed by atoms with Crippen molar-refractivity contribution in [3.05, 3.63) is 53.4 Å². The summed E-state index contributed by atoms with van der Waals surface area (Å²) in [4.78, 5) is 14.7. The molecule has 1 atom stereocenters. The Bertz CT molecular complexity index is 705. The van der Waals surface area contributed by atoms with Crippen molar-refractivity contribution in [2.24, 2.45) is 0 Å². The van der Waals surface area contributed by atoms with E-state index in [1.807, 2.05) is 17.0 Å². The van der Waals surface area contributed by atoms with E-state index in [-0.39, 0.29) is 11.3 Å². The van der Waals surface area contributed by atoms with Crippen LogP contribution < -0.4 is 0 Å². The third-order valence-corrected chi connectivity index (χ3v) is 5.18. The molecule has 4 nitrogen and oxygen atoms in total. The number of aromatic nitrogens is 1. The Labute approximate surface area is 136 Å². The molecule has 0 spiro atoms. The lowest BCUT2D eigenvalue weighted by Gasteiger charge is -2.40. The summed E-state index contributed by atoms with van der Waals surface area (Å²) in [6.45, 7) is 3.79. The fraction of sp³-hybridized carbons (Fsp3) is 0.474. The van der Waals surface area contributed by atoms with Crippen LogP contribution in [-0.2, 0) is 5.41 Å². The molecule has 0 radical (unpaired) electrons. The number of carbonyl (C=O) groups excluding carboxylic acids is 1. The molecule has 2 aromatic rings. The maximum Gasteiger partial charge on any atom is 0.276 e. The highest BCUT2D eigenvalue weighted by molar-refractivity contribution is 5.92. The number of hydrogen-bond donors (Lipinski definition) is 0. The van der Waals surface area contributed by atoms with Gasteiger partial charge in [0.05, 0.1) is 0 Å². The summed E-state index contributed by atoms with van der Waals surface area (Å²) in [5, 5.41) is 4.01. The number of carbonyl (C=O) groups is 1. The zero-order chi connectivity index (χ0) is 15.9. The van der Waals surface area contributed by atoms with Crippen LogP contribution >= 0.6 is 0 Å². The predicted octanol–water partition coefficient (Wildman–Crippen LogP) is 3.75. The lowest BCUT2D eigenvalue weighted by atomic mass is 9.76. The molecular weight excluding hydrogens is 288 g/mol. The first-order chi connectivity index (χ1) is 11.2. The molecule has 1 aliphatic carbocycles. The van der Waals surface area contributed by atoms with Gasteiger partial charge in [0.1, 0.15) is 5.76 Å². The molecule has 2 fully saturated rings. The highest BCUT2D eigenvalue weighted by Crippen LogP contribution is 2.40. The number of piperidine rings is 1. The SMILES string of the molecule is CC1(c2ccccc2)CCCN(C(=O)c2cc(C3CC3)on2)C1. The Morgan fingerprint density at radius 3 is 2.83 bits per heavy atom. The quantitative estimate of drug-likeness (QED) is 0.867. The summed E-state index contributed by atoms with van der Waals surface area (Å²) < 4.78 is 5.34. The third kappa shape index (κ3) is 2.78. The van der Waals surface area contributed by atoms with Gasteiger partial charge in [0, 0.05) is 30.5 Å². The molecule has 1 aromatic carbocycles. The van der Waals surface area contributed by atoms with E-state index in [9.17, 15) is 4.79 Å². The van der Waals surface area contributed by atoms with E-state index in [0.29, 0.717) is 11.6 Å². The van der Waals surface area contributed by atoms with Crippen molar-refractivity contribution in [3.8, 4) is 0 Å². The topological polar surface area (TPSA) is 46.3 Å². The Morgan fingerprint density at radius 2 is 2.09 bits per heavy atom. The smallest absolute Gasteiger partial charge is 0.276 e. The molecule has 0 bridgehead atoms.